The van der Waals surface area contributed by atoms with Crippen LogP contribution in [0.5, 0.6) is 0 Å². The second-order valence-electron chi connectivity index (χ2n) is 4.19. The second-order valence-corrected chi connectivity index (χ2v) is 4.19. The molecular weight excluding hydrogens is 207 g/mol. The van der Waals surface area contributed by atoms with Gasteiger partial charge in [0.15, 0.2) is 0 Å². The van der Waals surface area contributed by atoms with Gasteiger partial charge in [-0.05, 0) is 18.8 Å². The number of hydrogen-bond donors (Lipinski definition) is 1. The maximum Gasteiger partial charge on any atom is 0.471 e. The third-order valence-electron chi connectivity index (χ3n) is 2.94. The zero-order chi connectivity index (χ0) is 11.5. The molecule has 0 spiro atoms. The summed E-state index contributed by atoms with van der Waals surface area (Å²) in [6.07, 6.45) is -0.229. The Morgan fingerprint density at radius 3 is 2.40 bits per heavy atom. The Morgan fingerprint density at radius 1 is 1.20 bits per heavy atom. The van der Waals surface area contributed by atoms with Crippen LogP contribution in [0, 0.1) is 5.92 Å². The Bertz CT molecular complexity index is 227. The second kappa shape index (κ2) is 4.86. The fourth-order valence-corrected chi connectivity index (χ4v) is 1.96. The van der Waals surface area contributed by atoms with Gasteiger partial charge in [-0.2, -0.15) is 13.2 Å². The van der Waals surface area contributed by atoms with Gasteiger partial charge in [0, 0.05) is 6.04 Å². The van der Waals surface area contributed by atoms with E-state index in [1.54, 1.807) is 0 Å². The van der Waals surface area contributed by atoms with Crippen LogP contribution in [0.25, 0.3) is 0 Å². The molecule has 1 rings (SSSR count). The van der Waals surface area contributed by atoms with Gasteiger partial charge in [-0.25, -0.2) is 0 Å². The molecule has 1 amide bonds. The first-order valence-electron chi connectivity index (χ1n) is 5.29. The number of nitrogens with one attached hydrogen (secondary N) is 1. The van der Waals surface area contributed by atoms with Crippen molar-refractivity contribution < 1.29 is 18.0 Å². The molecule has 1 saturated carbocycles. The molecule has 1 fully saturated rings. The van der Waals surface area contributed by atoms with Crippen LogP contribution in [0.1, 0.15) is 39.0 Å². The number of amides is 1. The summed E-state index contributed by atoms with van der Waals surface area (Å²) >= 11 is 0. The zero-order valence-corrected chi connectivity index (χ0v) is 8.73. The molecule has 0 heterocycles. The molecule has 0 aromatic rings. The summed E-state index contributed by atoms with van der Waals surface area (Å²) in [7, 11) is 0. The molecule has 88 valence electrons. The number of halogens is 3. The van der Waals surface area contributed by atoms with E-state index in [1.807, 2.05) is 6.92 Å². The number of hydrogen-bond acceptors (Lipinski definition) is 1. The summed E-state index contributed by atoms with van der Waals surface area (Å²) in [5.74, 6) is -1.67. The van der Waals surface area contributed by atoms with E-state index in [1.165, 1.54) is 0 Å². The molecular formula is C10H16F3NO. The number of rotatable bonds is 1. The molecule has 1 N–H and O–H groups in total. The van der Waals surface area contributed by atoms with Crippen molar-refractivity contribution in [2.75, 3.05) is 0 Å². The molecule has 0 aromatic carbocycles. The van der Waals surface area contributed by atoms with Gasteiger partial charge < -0.3 is 5.32 Å². The highest BCUT2D eigenvalue weighted by Gasteiger charge is 2.40. The van der Waals surface area contributed by atoms with Crippen molar-refractivity contribution >= 4 is 5.91 Å². The molecule has 0 saturated heterocycles. The molecule has 2 atom stereocenters. The smallest absolute Gasteiger partial charge is 0.345 e. The minimum absolute atomic E-state index is 0.138. The van der Waals surface area contributed by atoms with E-state index in [0.29, 0.717) is 6.42 Å². The predicted octanol–water partition coefficient (Wildman–Crippen LogP) is 2.63. The van der Waals surface area contributed by atoms with Crippen LogP contribution in [-0.4, -0.2) is 18.1 Å². The average Bonchev–Trinajstić information content (AvgIpc) is 2.30. The Hall–Kier alpha value is -0.740. The minimum atomic E-state index is -4.76. The fourth-order valence-electron chi connectivity index (χ4n) is 1.96. The van der Waals surface area contributed by atoms with Gasteiger partial charge in [-0.3, -0.25) is 4.79 Å². The van der Waals surface area contributed by atoms with Crippen LogP contribution in [-0.2, 0) is 4.79 Å². The largest absolute Gasteiger partial charge is 0.471 e. The van der Waals surface area contributed by atoms with Gasteiger partial charge in [0.1, 0.15) is 0 Å². The molecule has 0 radical (unpaired) electrons. The summed E-state index contributed by atoms with van der Waals surface area (Å²) in [4.78, 5) is 10.8. The van der Waals surface area contributed by atoms with Gasteiger partial charge in [0.05, 0.1) is 0 Å². The average molecular weight is 223 g/mol. The van der Waals surface area contributed by atoms with E-state index >= 15 is 0 Å². The van der Waals surface area contributed by atoms with E-state index in [-0.39, 0.29) is 12.0 Å². The van der Waals surface area contributed by atoms with Gasteiger partial charge in [-0.15, -0.1) is 0 Å². The molecule has 0 bridgehead atoms. The summed E-state index contributed by atoms with van der Waals surface area (Å²) in [5.41, 5.74) is 0. The number of carbonyl (C=O) groups is 1. The van der Waals surface area contributed by atoms with Gasteiger partial charge in [0.2, 0.25) is 0 Å². The summed E-state index contributed by atoms with van der Waals surface area (Å²) in [6, 6.07) is -0.318. The first kappa shape index (κ1) is 12.3. The zero-order valence-electron chi connectivity index (χ0n) is 8.73. The van der Waals surface area contributed by atoms with E-state index in [9.17, 15) is 18.0 Å². The van der Waals surface area contributed by atoms with Crippen molar-refractivity contribution in [3.63, 3.8) is 0 Å². The van der Waals surface area contributed by atoms with Crippen LogP contribution in [0.15, 0.2) is 0 Å². The van der Waals surface area contributed by atoms with Crippen LogP contribution < -0.4 is 5.32 Å². The van der Waals surface area contributed by atoms with Crippen molar-refractivity contribution in [1.29, 1.82) is 0 Å². The quantitative estimate of drug-likeness (QED) is 0.680. The standard InChI is InChI=1S/C10H16F3NO/c1-7-5-3-2-4-6-8(7)14-9(15)10(11,12)13/h7-8H,2-6H2,1H3,(H,14,15). The molecule has 0 aromatic heterocycles. The topological polar surface area (TPSA) is 29.1 Å². The highest BCUT2D eigenvalue weighted by molar-refractivity contribution is 5.81. The fraction of sp³-hybridized carbons (Fsp3) is 0.900. The van der Waals surface area contributed by atoms with E-state index in [2.05, 4.69) is 5.32 Å². The lowest BCUT2D eigenvalue weighted by Gasteiger charge is -2.23. The SMILES string of the molecule is CC1CCCCCC1NC(=O)C(F)(F)F. The first-order chi connectivity index (χ1) is 6.91. The molecule has 15 heavy (non-hydrogen) atoms. The third-order valence-corrected chi connectivity index (χ3v) is 2.94. The maximum atomic E-state index is 12.0. The Kier molecular flexibility index (Phi) is 3.99. The summed E-state index contributed by atoms with van der Waals surface area (Å²) < 4.78 is 36.1. The predicted molar refractivity (Wildman–Crippen MR) is 50.2 cm³/mol. The molecule has 0 aliphatic heterocycles. The van der Waals surface area contributed by atoms with Crippen molar-refractivity contribution in [3.8, 4) is 0 Å². The van der Waals surface area contributed by atoms with E-state index in [0.717, 1.165) is 25.7 Å². The summed E-state index contributed by atoms with van der Waals surface area (Å²) in [5, 5.41) is 2.08. The van der Waals surface area contributed by atoms with Crippen molar-refractivity contribution in [2.45, 2.75) is 51.2 Å². The van der Waals surface area contributed by atoms with Crippen LogP contribution in [0.3, 0.4) is 0 Å². The number of alkyl halides is 3. The lowest BCUT2D eigenvalue weighted by atomic mass is 9.97. The van der Waals surface area contributed by atoms with Crippen LogP contribution >= 0.6 is 0 Å². The van der Waals surface area contributed by atoms with E-state index in [4.69, 9.17) is 0 Å². The number of carbonyl (C=O) groups excluding carboxylic acids is 1. The highest BCUT2D eigenvalue weighted by atomic mass is 19.4. The van der Waals surface area contributed by atoms with Crippen molar-refractivity contribution in [1.82, 2.24) is 5.32 Å². The first-order valence-corrected chi connectivity index (χ1v) is 5.29. The lowest BCUT2D eigenvalue weighted by Crippen LogP contribution is -2.45. The Labute approximate surface area is 87.2 Å². The third kappa shape index (κ3) is 3.72. The normalized spacial score (nSPS) is 28.3. The molecule has 5 heteroatoms. The Morgan fingerprint density at radius 2 is 1.80 bits per heavy atom. The van der Waals surface area contributed by atoms with Crippen molar-refractivity contribution in [3.05, 3.63) is 0 Å². The van der Waals surface area contributed by atoms with Gasteiger partial charge in [0.25, 0.3) is 0 Å². The molecule has 2 unspecified atom stereocenters. The van der Waals surface area contributed by atoms with Crippen LogP contribution in [0.2, 0.25) is 0 Å². The van der Waals surface area contributed by atoms with E-state index < -0.39 is 12.1 Å². The molecule has 1 aliphatic rings. The highest BCUT2D eigenvalue weighted by Crippen LogP contribution is 2.24. The minimum Gasteiger partial charge on any atom is -0.345 e. The van der Waals surface area contributed by atoms with Crippen molar-refractivity contribution in [2.24, 2.45) is 5.92 Å². The van der Waals surface area contributed by atoms with Gasteiger partial charge in [-0.1, -0.05) is 26.2 Å². The maximum absolute atomic E-state index is 12.0. The van der Waals surface area contributed by atoms with Gasteiger partial charge >= 0.3 is 12.1 Å². The lowest BCUT2D eigenvalue weighted by molar-refractivity contribution is -0.174. The monoisotopic (exact) mass is 223 g/mol. The molecule has 2 nitrogen and oxygen atoms in total. The summed E-state index contributed by atoms with van der Waals surface area (Å²) in [6.45, 7) is 1.90. The molecule has 1 aliphatic carbocycles. The Balaban J connectivity index is 2.52. The van der Waals surface area contributed by atoms with Crippen LogP contribution in [0.4, 0.5) is 13.2 Å².